The van der Waals surface area contributed by atoms with Crippen molar-refractivity contribution in [3.63, 3.8) is 0 Å². The molecule has 1 N–H and O–H groups in total. The van der Waals surface area contributed by atoms with Gasteiger partial charge < -0.3 is 19.3 Å². The van der Waals surface area contributed by atoms with Crippen molar-refractivity contribution in [1.82, 2.24) is 25.1 Å². The first-order chi connectivity index (χ1) is 11.6. The molecule has 0 spiro atoms. The van der Waals surface area contributed by atoms with Crippen LogP contribution in [0.3, 0.4) is 0 Å². The maximum atomic E-state index is 10.2. The first kappa shape index (κ1) is 14.8. The van der Waals surface area contributed by atoms with Gasteiger partial charge in [-0.15, -0.1) is 10.2 Å². The molecule has 0 atom stereocenters. The van der Waals surface area contributed by atoms with E-state index in [4.69, 9.17) is 4.42 Å². The lowest BCUT2D eigenvalue weighted by Gasteiger charge is -2.31. The second-order valence-corrected chi connectivity index (χ2v) is 6.00. The molecule has 1 aliphatic rings. The van der Waals surface area contributed by atoms with Gasteiger partial charge in [-0.2, -0.15) is 0 Å². The van der Waals surface area contributed by atoms with E-state index in [-0.39, 0.29) is 5.75 Å². The minimum atomic E-state index is 0.0826. The lowest BCUT2D eigenvalue weighted by Crippen LogP contribution is -2.45. The molecule has 4 rings (SSSR count). The average molecular weight is 326 g/mol. The maximum Gasteiger partial charge on any atom is 0.245 e. The van der Waals surface area contributed by atoms with E-state index in [9.17, 15) is 5.11 Å². The van der Waals surface area contributed by atoms with Crippen LogP contribution in [0.1, 0.15) is 5.89 Å². The van der Waals surface area contributed by atoms with Crippen molar-refractivity contribution >= 4 is 17.0 Å². The van der Waals surface area contributed by atoms with Crippen molar-refractivity contribution in [3.8, 4) is 17.0 Å². The van der Waals surface area contributed by atoms with Gasteiger partial charge in [0.1, 0.15) is 17.0 Å². The minimum Gasteiger partial charge on any atom is -0.507 e. The number of aryl methyl sites for hydroxylation is 1. The largest absolute Gasteiger partial charge is 0.507 e. The van der Waals surface area contributed by atoms with Gasteiger partial charge in [0.05, 0.1) is 6.20 Å². The van der Waals surface area contributed by atoms with E-state index in [1.165, 1.54) is 0 Å². The Kier molecular flexibility index (Phi) is 3.53. The predicted molar refractivity (Wildman–Crippen MR) is 88.9 cm³/mol. The molecule has 124 valence electrons. The molecular weight excluding hydrogens is 308 g/mol. The van der Waals surface area contributed by atoms with Crippen molar-refractivity contribution < 1.29 is 9.52 Å². The average Bonchev–Trinajstić information content (AvgIpc) is 2.94. The quantitative estimate of drug-likeness (QED) is 0.756. The molecule has 0 radical (unpaired) electrons. The van der Waals surface area contributed by atoms with E-state index in [2.05, 4.69) is 37.0 Å². The molecule has 0 unspecified atom stereocenters. The van der Waals surface area contributed by atoms with E-state index in [0.29, 0.717) is 34.2 Å². The molecule has 0 saturated carbocycles. The monoisotopic (exact) mass is 326 g/mol. The summed E-state index contributed by atoms with van der Waals surface area (Å²) in [6.07, 6.45) is 1.63. The zero-order chi connectivity index (χ0) is 16.7. The normalized spacial score (nSPS) is 16.0. The number of rotatable bonds is 2. The zero-order valence-electron chi connectivity index (χ0n) is 13.6. The van der Waals surface area contributed by atoms with Gasteiger partial charge in [-0.3, -0.25) is 0 Å². The summed E-state index contributed by atoms with van der Waals surface area (Å²) in [4.78, 5) is 13.0. The van der Waals surface area contributed by atoms with E-state index < -0.39 is 0 Å². The Balaban J connectivity index is 1.64. The molecule has 24 heavy (non-hydrogen) atoms. The fourth-order valence-electron chi connectivity index (χ4n) is 2.83. The number of hydrogen-bond acceptors (Lipinski definition) is 8. The minimum absolute atomic E-state index is 0.0826. The standard InChI is InChI=1S/C16H18N6O2/c1-10-18-12-8-14(23)11(7-15(12)24-10)13-9-17-16(20-19-13)22-5-3-21(2)4-6-22/h7-9,23H,3-6H2,1-2H3. The number of hydrogen-bond donors (Lipinski definition) is 1. The third-order valence-corrected chi connectivity index (χ3v) is 4.22. The highest BCUT2D eigenvalue weighted by atomic mass is 16.3. The fourth-order valence-corrected chi connectivity index (χ4v) is 2.83. The van der Waals surface area contributed by atoms with Crippen molar-refractivity contribution in [2.24, 2.45) is 0 Å². The first-order valence-electron chi connectivity index (χ1n) is 7.84. The fraction of sp³-hybridized carbons (Fsp3) is 0.375. The van der Waals surface area contributed by atoms with E-state index in [1.54, 1.807) is 25.3 Å². The molecule has 2 aromatic heterocycles. The number of fused-ring (bicyclic) bond motifs is 1. The van der Waals surface area contributed by atoms with Gasteiger partial charge in [-0.25, -0.2) is 9.97 Å². The van der Waals surface area contributed by atoms with Crippen LogP contribution in [-0.2, 0) is 0 Å². The number of phenols is 1. The number of likely N-dealkylation sites (N-methyl/N-ethyl adjacent to an activating group) is 1. The lowest BCUT2D eigenvalue weighted by atomic mass is 10.1. The van der Waals surface area contributed by atoms with Crippen LogP contribution in [0.4, 0.5) is 5.95 Å². The third-order valence-electron chi connectivity index (χ3n) is 4.22. The molecular formula is C16H18N6O2. The zero-order valence-corrected chi connectivity index (χ0v) is 13.6. The van der Waals surface area contributed by atoms with Crippen LogP contribution in [0, 0.1) is 6.92 Å². The van der Waals surface area contributed by atoms with Gasteiger partial charge in [0.25, 0.3) is 0 Å². The summed E-state index contributed by atoms with van der Waals surface area (Å²) in [7, 11) is 2.10. The summed E-state index contributed by atoms with van der Waals surface area (Å²) in [5, 5.41) is 18.7. The molecule has 0 amide bonds. The van der Waals surface area contributed by atoms with Gasteiger partial charge in [0.2, 0.25) is 5.95 Å². The molecule has 1 aromatic carbocycles. The number of nitrogens with zero attached hydrogens (tertiary/aromatic N) is 6. The molecule has 3 aromatic rings. The van der Waals surface area contributed by atoms with Crippen LogP contribution in [0.25, 0.3) is 22.4 Å². The van der Waals surface area contributed by atoms with Crippen LogP contribution >= 0.6 is 0 Å². The second-order valence-electron chi connectivity index (χ2n) is 6.00. The number of anilines is 1. The number of aromatic nitrogens is 4. The number of benzene rings is 1. The number of aromatic hydroxyl groups is 1. The molecule has 8 heteroatoms. The Morgan fingerprint density at radius 3 is 2.62 bits per heavy atom. The topological polar surface area (TPSA) is 91.4 Å². The van der Waals surface area contributed by atoms with Crippen LogP contribution in [0.2, 0.25) is 0 Å². The first-order valence-corrected chi connectivity index (χ1v) is 7.84. The molecule has 0 bridgehead atoms. The Bertz CT molecular complexity index is 868. The van der Waals surface area contributed by atoms with E-state index >= 15 is 0 Å². The summed E-state index contributed by atoms with van der Waals surface area (Å²) >= 11 is 0. The van der Waals surface area contributed by atoms with Gasteiger partial charge in [-0.1, -0.05) is 0 Å². The number of oxazole rings is 1. The van der Waals surface area contributed by atoms with Crippen molar-refractivity contribution in [2.75, 3.05) is 38.1 Å². The smallest absolute Gasteiger partial charge is 0.245 e. The SMILES string of the molecule is Cc1nc2cc(O)c(-c3cnc(N4CCN(C)CC4)nn3)cc2o1. The summed E-state index contributed by atoms with van der Waals surface area (Å²) in [6, 6.07) is 3.28. The molecule has 8 nitrogen and oxygen atoms in total. The molecule has 1 aliphatic heterocycles. The number of piperazine rings is 1. The van der Waals surface area contributed by atoms with Gasteiger partial charge >= 0.3 is 0 Å². The van der Waals surface area contributed by atoms with Gasteiger partial charge in [0.15, 0.2) is 11.5 Å². The summed E-state index contributed by atoms with van der Waals surface area (Å²) in [5.41, 5.74) is 2.25. The van der Waals surface area contributed by atoms with Crippen LogP contribution in [0.15, 0.2) is 22.7 Å². The second kappa shape index (κ2) is 5.72. The van der Waals surface area contributed by atoms with Crippen LogP contribution < -0.4 is 4.90 Å². The molecule has 0 aliphatic carbocycles. The van der Waals surface area contributed by atoms with Gasteiger partial charge in [0, 0.05) is 44.7 Å². The summed E-state index contributed by atoms with van der Waals surface area (Å²) < 4.78 is 5.51. The molecule has 1 fully saturated rings. The highest BCUT2D eigenvalue weighted by Crippen LogP contribution is 2.32. The summed E-state index contributed by atoms with van der Waals surface area (Å²) in [6.45, 7) is 5.49. The highest BCUT2D eigenvalue weighted by Gasteiger charge is 2.18. The Hall–Kier alpha value is -2.74. The Labute approximate surface area is 138 Å². The lowest BCUT2D eigenvalue weighted by molar-refractivity contribution is 0.311. The Morgan fingerprint density at radius 2 is 1.92 bits per heavy atom. The Morgan fingerprint density at radius 1 is 1.12 bits per heavy atom. The van der Waals surface area contributed by atoms with Gasteiger partial charge in [-0.05, 0) is 13.1 Å². The number of phenolic OH excluding ortho intramolecular Hbond substituents is 1. The predicted octanol–water partition coefficient (Wildman–Crippen LogP) is 1.45. The van der Waals surface area contributed by atoms with Crippen molar-refractivity contribution in [2.45, 2.75) is 6.92 Å². The van der Waals surface area contributed by atoms with Crippen LogP contribution in [-0.4, -0.2) is 63.4 Å². The van der Waals surface area contributed by atoms with Crippen molar-refractivity contribution in [1.29, 1.82) is 0 Å². The van der Waals surface area contributed by atoms with E-state index in [0.717, 1.165) is 26.2 Å². The molecule has 3 heterocycles. The maximum absolute atomic E-state index is 10.2. The highest BCUT2D eigenvalue weighted by molar-refractivity contribution is 5.83. The molecule has 1 saturated heterocycles. The van der Waals surface area contributed by atoms with Crippen LogP contribution in [0.5, 0.6) is 5.75 Å². The summed E-state index contributed by atoms with van der Waals surface area (Å²) in [5.74, 6) is 1.25. The third kappa shape index (κ3) is 2.65. The van der Waals surface area contributed by atoms with Crippen molar-refractivity contribution in [3.05, 3.63) is 24.2 Å². The van der Waals surface area contributed by atoms with E-state index in [1.807, 2.05) is 0 Å².